The van der Waals surface area contributed by atoms with E-state index in [9.17, 15) is 22.4 Å². The lowest BCUT2D eigenvalue weighted by molar-refractivity contribution is -0.137. The Morgan fingerprint density at radius 3 is 2.54 bits per heavy atom. The van der Waals surface area contributed by atoms with Gasteiger partial charge in [0.2, 0.25) is 5.43 Å². The lowest BCUT2D eigenvalue weighted by atomic mass is 10.2. The summed E-state index contributed by atoms with van der Waals surface area (Å²) < 4.78 is 62.5. The van der Waals surface area contributed by atoms with E-state index < -0.39 is 23.0 Å². The summed E-state index contributed by atoms with van der Waals surface area (Å²) in [7, 11) is 0. The van der Waals surface area contributed by atoms with Gasteiger partial charge >= 0.3 is 6.18 Å². The number of halogens is 4. The van der Waals surface area contributed by atoms with Crippen LogP contribution in [-0.2, 0) is 10.9 Å². The molecule has 2 aromatic carbocycles. The number of nitrogens with zero attached hydrogens (tertiary/aromatic N) is 5. The molecule has 1 aliphatic heterocycles. The summed E-state index contributed by atoms with van der Waals surface area (Å²) in [6.07, 6.45) is -3.21. The number of alkyl halides is 3. The maximum atomic E-state index is 15.0. The minimum absolute atomic E-state index is 0.0815. The minimum Gasteiger partial charge on any atom is -0.359 e. The summed E-state index contributed by atoms with van der Waals surface area (Å²) in [6.45, 7) is 3.23. The summed E-state index contributed by atoms with van der Waals surface area (Å²) in [5.74, 6) is -0.556. The van der Waals surface area contributed by atoms with E-state index >= 15 is 0 Å². The molecule has 4 aromatic rings. The molecule has 1 aliphatic rings. The molecule has 35 heavy (non-hydrogen) atoms. The van der Waals surface area contributed by atoms with E-state index in [-0.39, 0.29) is 22.8 Å². The van der Waals surface area contributed by atoms with E-state index in [1.165, 1.54) is 39.8 Å². The topological polar surface area (TPSA) is 65.2 Å². The Morgan fingerprint density at radius 2 is 1.83 bits per heavy atom. The number of hydrogen-bond donors (Lipinski definition) is 0. The van der Waals surface area contributed by atoms with Crippen molar-refractivity contribution >= 4 is 5.69 Å². The fourth-order valence-corrected chi connectivity index (χ4v) is 3.89. The molecule has 0 radical (unpaired) electrons. The smallest absolute Gasteiger partial charge is 0.359 e. The van der Waals surface area contributed by atoms with E-state index in [0.29, 0.717) is 31.3 Å². The van der Waals surface area contributed by atoms with Gasteiger partial charge < -0.3 is 9.64 Å². The highest BCUT2D eigenvalue weighted by Crippen LogP contribution is 2.31. The maximum Gasteiger partial charge on any atom is 0.416 e. The van der Waals surface area contributed by atoms with Gasteiger partial charge in [-0.15, -0.1) is 0 Å². The molecule has 0 unspecified atom stereocenters. The van der Waals surface area contributed by atoms with Crippen molar-refractivity contribution in [1.29, 1.82) is 0 Å². The monoisotopic (exact) mass is 485 g/mol. The Labute approximate surface area is 196 Å². The summed E-state index contributed by atoms with van der Waals surface area (Å²) in [6, 6.07) is 12.0. The Kier molecular flexibility index (Phi) is 5.64. The van der Waals surface area contributed by atoms with Crippen molar-refractivity contribution < 1.29 is 22.3 Å². The Morgan fingerprint density at radius 1 is 1.00 bits per heavy atom. The number of anilines is 1. The third kappa shape index (κ3) is 4.42. The quantitative estimate of drug-likeness (QED) is 0.403. The van der Waals surface area contributed by atoms with Gasteiger partial charge in [-0.3, -0.25) is 4.79 Å². The Balaban J connectivity index is 1.58. The number of aryl methyl sites for hydroxylation is 1. The average Bonchev–Trinajstić information content (AvgIpc) is 3.49. The third-order valence-electron chi connectivity index (χ3n) is 5.60. The van der Waals surface area contributed by atoms with Crippen LogP contribution >= 0.6 is 0 Å². The van der Waals surface area contributed by atoms with Crippen LogP contribution in [0.3, 0.4) is 0 Å². The van der Waals surface area contributed by atoms with E-state index in [1.54, 1.807) is 25.1 Å². The molecule has 7 nitrogen and oxygen atoms in total. The summed E-state index contributed by atoms with van der Waals surface area (Å²) in [5, 5.41) is 8.58. The molecule has 0 atom stereocenters. The number of ether oxygens (including phenoxy) is 1. The van der Waals surface area contributed by atoms with Crippen molar-refractivity contribution in [3.05, 3.63) is 88.1 Å². The van der Waals surface area contributed by atoms with Crippen LogP contribution in [0.2, 0.25) is 0 Å². The highest BCUT2D eigenvalue weighted by Gasteiger charge is 2.31. The molecule has 11 heteroatoms. The zero-order valence-corrected chi connectivity index (χ0v) is 18.5. The first-order valence-electron chi connectivity index (χ1n) is 10.7. The normalized spacial score (nSPS) is 14.0. The molecular formula is C24H19F4N5O2. The van der Waals surface area contributed by atoms with Gasteiger partial charge in [-0.05, 0) is 49.4 Å². The van der Waals surface area contributed by atoms with Crippen molar-refractivity contribution in [3.63, 3.8) is 0 Å². The van der Waals surface area contributed by atoms with E-state index in [1.807, 2.05) is 4.90 Å². The van der Waals surface area contributed by atoms with Crippen LogP contribution < -0.4 is 10.3 Å². The lowest BCUT2D eigenvalue weighted by Gasteiger charge is -2.17. The van der Waals surface area contributed by atoms with Gasteiger partial charge in [0.15, 0.2) is 11.5 Å². The van der Waals surface area contributed by atoms with Crippen LogP contribution in [0.5, 0.6) is 0 Å². The lowest BCUT2D eigenvalue weighted by Crippen LogP contribution is -2.19. The van der Waals surface area contributed by atoms with E-state index in [2.05, 4.69) is 10.2 Å². The zero-order valence-electron chi connectivity index (χ0n) is 18.5. The molecule has 1 saturated heterocycles. The molecule has 0 spiro atoms. The second-order valence-electron chi connectivity index (χ2n) is 8.04. The van der Waals surface area contributed by atoms with Crippen LogP contribution in [0.15, 0.2) is 65.6 Å². The van der Waals surface area contributed by atoms with Crippen LogP contribution in [-0.4, -0.2) is 39.4 Å². The van der Waals surface area contributed by atoms with E-state index in [0.717, 1.165) is 12.1 Å². The highest BCUT2D eigenvalue weighted by molar-refractivity contribution is 5.59. The molecule has 2 aromatic heterocycles. The van der Waals surface area contributed by atoms with Crippen molar-refractivity contribution in [1.82, 2.24) is 19.6 Å². The Hall–Kier alpha value is -3.99. The van der Waals surface area contributed by atoms with Crippen molar-refractivity contribution in [2.75, 3.05) is 24.8 Å². The number of aromatic nitrogens is 4. The van der Waals surface area contributed by atoms with Crippen LogP contribution in [0.1, 0.15) is 11.3 Å². The molecule has 0 aliphatic carbocycles. The summed E-state index contributed by atoms with van der Waals surface area (Å²) in [5.41, 5.74) is 0.119. The third-order valence-corrected chi connectivity index (χ3v) is 5.60. The number of hydrogen-bond acceptors (Lipinski definition) is 5. The standard InChI is InChI=1S/C24H19F4N5O2/c1-15-11-21(33(29-15)18-4-2-3-16(12-18)24(26,27)28)23-22(34)7-8-32(30-23)20-6-5-17(13-19(20)25)31-9-10-35-14-31/h2-8,11-13H,9-10,14H2,1H3. The molecule has 0 N–H and O–H groups in total. The second-order valence-corrected chi connectivity index (χ2v) is 8.04. The summed E-state index contributed by atoms with van der Waals surface area (Å²) >= 11 is 0. The number of benzene rings is 2. The van der Waals surface area contributed by atoms with Crippen molar-refractivity contribution in [2.45, 2.75) is 13.1 Å². The van der Waals surface area contributed by atoms with E-state index in [4.69, 9.17) is 4.74 Å². The molecule has 0 amide bonds. The first-order chi connectivity index (χ1) is 16.7. The van der Waals surface area contributed by atoms with Gasteiger partial charge in [0.1, 0.15) is 12.4 Å². The molecule has 180 valence electrons. The van der Waals surface area contributed by atoms with Crippen molar-refractivity contribution in [3.8, 4) is 22.8 Å². The van der Waals surface area contributed by atoms with Gasteiger partial charge in [-0.1, -0.05) is 6.07 Å². The van der Waals surface area contributed by atoms with Gasteiger partial charge in [0.25, 0.3) is 0 Å². The first-order valence-corrected chi connectivity index (χ1v) is 10.7. The predicted octanol–water partition coefficient (Wildman–Crippen LogP) is 4.35. The molecule has 0 saturated carbocycles. The second kappa shape index (κ2) is 8.66. The molecule has 1 fully saturated rings. The molecule has 0 bridgehead atoms. The van der Waals surface area contributed by atoms with Gasteiger partial charge in [0, 0.05) is 24.5 Å². The fraction of sp³-hybridized carbons (Fsp3) is 0.208. The zero-order chi connectivity index (χ0) is 24.7. The SMILES string of the molecule is Cc1cc(-c2nn(-c3ccc(N4CCOC4)cc3F)ccc2=O)n(-c2cccc(C(F)(F)F)c2)n1. The molecule has 5 rings (SSSR count). The minimum atomic E-state index is -4.54. The number of rotatable bonds is 4. The van der Waals surface area contributed by atoms with Gasteiger partial charge in [-0.2, -0.15) is 23.4 Å². The van der Waals surface area contributed by atoms with Crippen molar-refractivity contribution in [2.24, 2.45) is 0 Å². The fourth-order valence-electron chi connectivity index (χ4n) is 3.89. The summed E-state index contributed by atoms with van der Waals surface area (Å²) in [4.78, 5) is 14.6. The van der Waals surface area contributed by atoms with Crippen LogP contribution in [0.25, 0.3) is 22.8 Å². The predicted molar refractivity (Wildman–Crippen MR) is 120 cm³/mol. The van der Waals surface area contributed by atoms with Crippen LogP contribution in [0, 0.1) is 12.7 Å². The first kappa shape index (κ1) is 22.8. The Bertz CT molecular complexity index is 1460. The average molecular weight is 485 g/mol. The van der Waals surface area contributed by atoms with Gasteiger partial charge in [0.05, 0.1) is 29.2 Å². The van der Waals surface area contributed by atoms with Crippen LogP contribution in [0.4, 0.5) is 23.2 Å². The van der Waals surface area contributed by atoms with Gasteiger partial charge in [-0.25, -0.2) is 13.8 Å². The molecule has 3 heterocycles. The molecular weight excluding hydrogens is 466 g/mol. The maximum absolute atomic E-state index is 15.0. The highest BCUT2D eigenvalue weighted by atomic mass is 19.4. The largest absolute Gasteiger partial charge is 0.416 e.